The van der Waals surface area contributed by atoms with E-state index in [1.807, 2.05) is 24.3 Å². The van der Waals surface area contributed by atoms with E-state index in [-0.39, 0.29) is 22.3 Å². The third-order valence-corrected chi connectivity index (χ3v) is 7.41. The van der Waals surface area contributed by atoms with Gasteiger partial charge in [0.1, 0.15) is 21.8 Å². The standard InChI is InChI=1S/C28H28N6O2S/c1-2-34-27(36)25(37-28(34)23(18-30)26(35)31-14-13-29)19-32-22-10-5-7-20(17-22)12-16-33-15-6-9-21-8-3-4-11-24(21)33/h3-5,7-8,10-11,17,19,32H,2,6,9,12,14-16H2,1H3,(H,31,35)/b25-19+,28-23-. The molecule has 188 valence electrons. The minimum absolute atomic E-state index is 0.180. The van der Waals surface area contributed by atoms with Gasteiger partial charge < -0.3 is 15.5 Å². The molecular formula is C28H28N6O2S. The number of nitrogens with one attached hydrogen (secondary N) is 2. The zero-order valence-electron chi connectivity index (χ0n) is 20.7. The highest BCUT2D eigenvalue weighted by Gasteiger charge is 2.16. The summed E-state index contributed by atoms with van der Waals surface area (Å²) in [7, 11) is 0. The van der Waals surface area contributed by atoms with Gasteiger partial charge in [0.25, 0.3) is 11.5 Å². The first-order valence-corrected chi connectivity index (χ1v) is 13.0. The van der Waals surface area contributed by atoms with E-state index in [4.69, 9.17) is 5.26 Å². The van der Waals surface area contributed by atoms with Crippen molar-refractivity contribution in [1.29, 1.82) is 10.5 Å². The summed E-state index contributed by atoms with van der Waals surface area (Å²) in [6.07, 6.45) is 4.81. The number of hydrogen-bond donors (Lipinski definition) is 2. The van der Waals surface area contributed by atoms with Gasteiger partial charge in [0.15, 0.2) is 5.57 Å². The maximum atomic E-state index is 12.9. The quantitative estimate of drug-likeness (QED) is 0.447. The van der Waals surface area contributed by atoms with Crippen molar-refractivity contribution in [2.24, 2.45) is 0 Å². The molecule has 1 aromatic heterocycles. The summed E-state index contributed by atoms with van der Waals surface area (Å²) >= 11 is 1.07. The average molecular weight is 513 g/mol. The van der Waals surface area contributed by atoms with Crippen LogP contribution in [-0.4, -0.2) is 30.1 Å². The van der Waals surface area contributed by atoms with E-state index < -0.39 is 5.91 Å². The van der Waals surface area contributed by atoms with E-state index in [0.717, 1.165) is 49.4 Å². The zero-order chi connectivity index (χ0) is 26.2. The number of aromatic nitrogens is 1. The first-order valence-electron chi connectivity index (χ1n) is 12.2. The number of hydrogen-bond acceptors (Lipinski definition) is 7. The second-order valence-corrected chi connectivity index (χ2v) is 9.64. The van der Waals surface area contributed by atoms with Crippen LogP contribution in [0.2, 0.25) is 0 Å². The summed E-state index contributed by atoms with van der Waals surface area (Å²) < 4.78 is 2.05. The molecule has 0 radical (unpaired) electrons. The normalized spacial score (nSPS) is 13.8. The monoisotopic (exact) mass is 512 g/mol. The van der Waals surface area contributed by atoms with Crippen LogP contribution < -0.4 is 30.3 Å². The van der Waals surface area contributed by atoms with Crippen LogP contribution in [-0.2, 0) is 24.2 Å². The summed E-state index contributed by atoms with van der Waals surface area (Å²) in [5, 5.41) is 23.8. The Labute approximate surface area is 219 Å². The lowest BCUT2D eigenvalue weighted by atomic mass is 10.0. The number of carbonyl (C=O) groups excluding carboxylic acids is 1. The van der Waals surface area contributed by atoms with Crippen molar-refractivity contribution in [2.45, 2.75) is 32.7 Å². The highest BCUT2D eigenvalue weighted by atomic mass is 32.1. The van der Waals surface area contributed by atoms with Gasteiger partial charge in [0, 0.05) is 37.2 Å². The van der Waals surface area contributed by atoms with Crippen molar-refractivity contribution in [3.63, 3.8) is 0 Å². The van der Waals surface area contributed by atoms with E-state index in [1.165, 1.54) is 21.4 Å². The number of thiazole rings is 1. The van der Waals surface area contributed by atoms with Gasteiger partial charge in [0.05, 0.1) is 6.07 Å². The number of anilines is 2. The fourth-order valence-corrected chi connectivity index (χ4v) is 5.56. The van der Waals surface area contributed by atoms with Gasteiger partial charge in [-0.05, 0) is 55.5 Å². The largest absolute Gasteiger partial charge is 0.371 e. The average Bonchev–Trinajstić information content (AvgIpc) is 3.24. The Hall–Kier alpha value is -4.34. The zero-order valence-corrected chi connectivity index (χ0v) is 21.5. The van der Waals surface area contributed by atoms with Crippen molar-refractivity contribution in [3.05, 3.63) is 79.2 Å². The Kier molecular flexibility index (Phi) is 8.40. The molecule has 0 fully saturated rings. The third kappa shape index (κ3) is 5.91. The minimum Gasteiger partial charge on any atom is -0.371 e. The molecule has 9 heteroatoms. The van der Waals surface area contributed by atoms with Crippen LogP contribution in [0.1, 0.15) is 24.5 Å². The predicted molar refractivity (Wildman–Crippen MR) is 146 cm³/mol. The van der Waals surface area contributed by atoms with E-state index in [9.17, 15) is 14.9 Å². The maximum Gasteiger partial charge on any atom is 0.270 e. The summed E-state index contributed by atoms with van der Waals surface area (Å²) in [6, 6.07) is 20.4. The molecule has 0 bridgehead atoms. The van der Waals surface area contributed by atoms with Crippen molar-refractivity contribution in [3.8, 4) is 12.1 Å². The van der Waals surface area contributed by atoms with Gasteiger partial charge in [-0.25, -0.2) is 0 Å². The highest BCUT2D eigenvalue weighted by molar-refractivity contribution is 7.07. The molecule has 0 saturated heterocycles. The van der Waals surface area contributed by atoms with Crippen LogP contribution in [0.15, 0.2) is 53.3 Å². The maximum absolute atomic E-state index is 12.9. The van der Waals surface area contributed by atoms with Crippen LogP contribution in [0.3, 0.4) is 0 Å². The van der Waals surface area contributed by atoms with Crippen LogP contribution in [0.4, 0.5) is 11.4 Å². The number of amides is 1. The van der Waals surface area contributed by atoms with Crippen LogP contribution in [0.5, 0.6) is 0 Å². The molecular weight excluding hydrogens is 484 g/mol. The Morgan fingerprint density at radius 2 is 2.03 bits per heavy atom. The Morgan fingerprint density at radius 1 is 1.19 bits per heavy atom. The topological polar surface area (TPSA) is 114 Å². The van der Waals surface area contributed by atoms with Crippen LogP contribution in [0.25, 0.3) is 11.8 Å². The number of benzene rings is 2. The number of carbonyl (C=O) groups is 1. The van der Waals surface area contributed by atoms with Crippen LogP contribution in [0, 0.1) is 22.7 Å². The Bertz CT molecular complexity index is 1560. The van der Waals surface area contributed by atoms with E-state index in [1.54, 1.807) is 13.1 Å². The lowest BCUT2D eigenvalue weighted by molar-refractivity contribution is -0.115. The molecule has 1 aliphatic heterocycles. The fourth-order valence-electron chi connectivity index (χ4n) is 4.47. The number of aryl methyl sites for hydroxylation is 1. The summed E-state index contributed by atoms with van der Waals surface area (Å²) in [4.78, 5) is 27.7. The van der Waals surface area contributed by atoms with Gasteiger partial charge in [-0.2, -0.15) is 10.5 Å². The van der Waals surface area contributed by atoms with E-state index in [2.05, 4.69) is 51.9 Å². The molecule has 3 aromatic rings. The van der Waals surface area contributed by atoms with Crippen molar-refractivity contribution >= 4 is 40.4 Å². The van der Waals surface area contributed by atoms with Crippen molar-refractivity contribution in [1.82, 2.24) is 9.88 Å². The second-order valence-electron chi connectivity index (χ2n) is 8.61. The second kappa shape index (κ2) is 12.1. The molecule has 37 heavy (non-hydrogen) atoms. The van der Waals surface area contributed by atoms with Gasteiger partial charge in [0.2, 0.25) is 0 Å². The Balaban J connectivity index is 1.53. The smallest absolute Gasteiger partial charge is 0.270 e. The molecule has 4 rings (SSSR count). The lowest BCUT2D eigenvalue weighted by Gasteiger charge is -2.31. The number of nitrogens with zero attached hydrogens (tertiary/aromatic N) is 4. The number of para-hydroxylation sites is 1. The number of fused-ring (bicyclic) bond motifs is 1. The molecule has 0 spiro atoms. The first kappa shape index (κ1) is 25.7. The molecule has 2 N–H and O–H groups in total. The van der Waals surface area contributed by atoms with Gasteiger partial charge in [-0.1, -0.05) is 30.3 Å². The van der Waals surface area contributed by atoms with E-state index in [0.29, 0.717) is 11.1 Å². The summed E-state index contributed by atoms with van der Waals surface area (Å²) in [5.41, 5.74) is 4.31. The van der Waals surface area contributed by atoms with Gasteiger partial charge in [-0.3, -0.25) is 14.2 Å². The molecule has 2 heterocycles. The van der Waals surface area contributed by atoms with Crippen molar-refractivity contribution < 1.29 is 4.79 Å². The Morgan fingerprint density at radius 3 is 2.81 bits per heavy atom. The molecule has 2 aromatic carbocycles. The predicted octanol–water partition coefficient (Wildman–Crippen LogP) is 2.09. The first-order chi connectivity index (χ1) is 18.0. The molecule has 8 nitrogen and oxygen atoms in total. The third-order valence-electron chi connectivity index (χ3n) is 6.28. The molecule has 1 aliphatic rings. The van der Waals surface area contributed by atoms with Crippen LogP contribution >= 0.6 is 11.3 Å². The van der Waals surface area contributed by atoms with Gasteiger partial charge in [-0.15, -0.1) is 11.3 Å². The fraction of sp³-hybridized carbons (Fsp3) is 0.286. The lowest BCUT2D eigenvalue weighted by Crippen LogP contribution is -2.34. The SMILES string of the molecule is CCn1c(=O)/c(=C\Nc2cccc(CCN3CCCc4ccccc43)c2)s/c1=C(/C#N)C(=O)NCC#N. The molecule has 0 aliphatic carbocycles. The number of nitriles is 2. The van der Waals surface area contributed by atoms with Gasteiger partial charge >= 0.3 is 0 Å². The molecule has 0 unspecified atom stereocenters. The van der Waals surface area contributed by atoms with E-state index >= 15 is 0 Å². The molecule has 1 amide bonds. The molecule has 0 saturated carbocycles. The van der Waals surface area contributed by atoms with Crippen molar-refractivity contribution in [2.75, 3.05) is 29.9 Å². The molecule has 0 atom stereocenters. The minimum atomic E-state index is -0.670. The summed E-state index contributed by atoms with van der Waals surface area (Å²) in [6.45, 7) is 3.86. The number of rotatable bonds is 8. The highest BCUT2D eigenvalue weighted by Crippen LogP contribution is 2.26. The summed E-state index contributed by atoms with van der Waals surface area (Å²) in [5.74, 6) is -0.670.